The number of ether oxygens (including phenoxy) is 3. The zero-order valence-electron chi connectivity index (χ0n) is 47.3. The fourth-order valence-corrected chi connectivity index (χ4v) is 14.3. The normalized spacial score (nSPS) is 22.5. The summed E-state index contributed by atoms with van der Waals surface area (Å²) in [7, 11) is -1.65. The number of aromatic amines is 1. The summed E-state index contributed by atoms with van der Waals surface area (Å²) in [5.74, 6) is 0.601. The summed E-state index contributed by atoms with van der Waals surface area (Å²) in [4.78, 5) is 33.9. The van der Waals surface area contributed by atoms with E-state index in [0.29, 0.717) is 54.2 Å². The first-order chi connectivity index (χ1) is 38.9. The van der Waals surface area contributed by atoms with Crippen molar-refractivity contribution in [2.45, 2.75) is 114 Å². The van der Waals surface area contributed by atoms with Gasteiger partial charge in [-0.2, -0.15) is 0 Å². The number of carbonyl (C=O) groups is 1. The summed E-state index contributed by atoms with van der Waals surface area (Å²) in [5, 5.41) is 26.8. The van der Waals surface area contributed by atoms with Crippen LogP contribution in [0.5, 0.6) is 23.1 Å². The number of pyridine rings is 1. The van der Waals surface area contributed by atoms with Gasteiger partial charge in [-0.05, 0) is 129 Å². The topological polar surface area (TPSA) is 202 Å². The number of hydroxylamine groups is 1. The van der Waals surface area contributed by atoms with Crippen molar-refractivity contribution in [3.8, 4) is 23.1 Å². The molecule has 81 heavy (non-hydrogen) atoms. The molecule has 0 bridgehead atoms. The number of aliphatic hydroxyl groups is 1. The number of amides is 1. The number of methoxy groups -OCH3 is 1. The molecule has 3 atom stereocenters. The van der Waals surface area contributed by atoms with Crippen molar-refractivity contribution in [3.63, 3.8) is 0 Å². The number of anilines is 2. The van der Waals surface area contributed by atoms with Gasteiger partial charge in [-0.25, -0.2) is 27.5 Å². The van der Waals surface area contributed by atoms with E-state index in [1.165, 1.54) is 48.3 Å². The third-order valence-electron chi connectivity index (χ3n) is 17.8. The number of aromatic nitrogens is 3. The van der Waals surface area contributed by atoms with Gasteiger partial charge in [0.2, 0.25) is 0 Å². The van der Waals surface area contributed by atoms with E-state index in [0.717, 1.165) is 89.4 Å². The molecule has 3 aliphatic heterocycles. The van der Waals surface area contributed by atoms with Crippen LogP contribution in [0.25, 0.3) is 16.9 Å². The Hall–Kier alpha value is -6.61. The van der Waals surface area contributed by atoms with Gasteiger partial charge in [0.1, 0.15) is 33.4 Å². The van der Waals surface area contributed by atoms with Crippen molar-refractivity contribution in [1.82, 2.24) is 29.5 Å². The van der Waals surface area contributed by atoms with Crippen LogP contribution in [0.2, 0.25) is 0 Å². The lowest BCUT2D eigenvalue weighted by Crippen LogP contribution is -2.98. The highest BCUT2D eigenvalue weighted by Gasteiger charge is 2.50. The third kappa shape index (κ3) is 11.8. The lowest BCUT2D eigenvalue weighted by molar-refractivity contribution is -0.750. The molecule has 1 amide bonds. The van der Waals surface area contributed by atoms with Gasteiger partial charge < -0.3 is 44.8 Å². The van der Waals surface area contributed by atoms with Gasteiger partial charge in [-0.3, -0.25) is 14.6 Å². The van der Waals surface area contributed by atoms with Crippen molar-refractivity contribution in [2.75, 3.05) is 76.8 Å². The van der Waals surface area contributed by atoms with Gasteiger partial charge in [0.25, 0.3) is 21.8 Å². The van der Waals surface area contributed by atoms with Crippen LogP contribution in [0.1, 0.15) is 123 Å². The number of piperidine rings is 2. The van der Waals surface area contributed by atoms with E-state index in [4.69, 9.17) is 14.2 Å². The van der Waals surface area contributed by atoms with Gasteiger partial charge in [0.15, 0.2) is 11.4 Å². The van der Waals surface area contributed by atoms with E-state index in [1.807, 2.05) is 19.1 Å². The standard InChI is InChI=1S/C62H76FN9O8S/c1-7-79-60-54(31-47-49(63)18-19-50(47)67-60)80-53-30-42(14-17-46(53)59(73)68-81(76,77)55-32-52(69(5)75)56(58-57(55)65-38-66-58)64-33-40-20-23-61(4,74)24-21-40)71-28-25-62(26-29-71)36-72(37-62)51-22-27-70(34-41-12-15-43(78-6)16-13-41)35-48(51)45-11-9-8-10-44(45)39(2)3/h8-18,30-32,38-40,48,51,64,69,74H,7,19-29,33-37H2,1-6H3,(H,65,66)(H,68,73). The van der Waals surface area contributed by atoms with Crippen LogP contribution in [0, 0.1) is 16.5 Å². The molecule has 5 N–H and O–H groups in total. The number of carbonyl (C=O) groups excluding carboxylic acids is 1. The molecule has 6 aromatic rings. The molecule has 2 aliphatic carbocycles. The maximum Gasteiger partial charge on any atom is 0.268 e. The molecule has 1 saturated carbocycles. The summed E-state index contributed by atoms with van der Waals surface area (Å²) >= 11 is 0. The van der Waals surface area contributed by atoms with E-state index in [2.05, 4.69) is 89.9 Å². The third-order valence-corrected chi connectivity index (χ3v) is 19.1. The minimum atomic E-state index is -4.70. The predicted molar refractivity (Wildman–Crippen MR) is 312 cm³/mol. The van der Waals surface area contributed by atoms with Crippen molar-refractivity contribution < 1.29 is 42.0 Å². The number of allylic oxidation sites excluding steroid dienone is 1. The van der Waals surface area contributed by atoms with E-state index >= 15 is 4.39 Å². The van der Waals surface area contributed by atoms with Crippen molar-refractivity contribution in [1.29, 1.82) is 0 Å². The van der Waals surface area contributed by atoms with E-state index in [9.17, 15) is 23.5 Å². The van der Waals surface area contributed by atoms with Gasteiger partial charge in [-0.1, -0.05) is 50.2 Å². The quantitative estimate of drug-likeness (QED) is 0.0510. The average Bonchev–Trinajstić information content (AvgIpc) is 4.10. The molecular weight excluding hydrogens is 1050 g/mol. The second-order valence-electron chi connectivity index (χ2n) is 23.7. The first-order valence-electron chi connectivity index (χ1n) is 28.7. The molecule has 3 saturated heterocycles. The molecule has 4 aromatic carbocycles. The highest BCUT2D eigenvalue weighted by atomic mass is 32.2. The number of H-pyrrole nitrogens is 1. The number of likely N-dealkylation sites (tertiary alicyclic amines) is 2. The molecule has 1 spiro atoms. The summed E-state index contributed by atoms with van der Waals surface area (Å²) in [6.07, 6.45) is 8.95. The number of benzene rings is 4. The fourth-order valence-electron chi connectivity index (χ4n) is 13.2. The second-order valence-corrected chi connectivity index (χ2v) is 25.4. The first kappa shape index (κ1) is 56.3. The number of quaternary nitrogens is 1. The van der Waals surface area contributed by atoms with Gasteiger partial charge >= 0.3 is 0 Å². The Morgan fingerprint density at radius 1 is 0.988 bits per heavy atom. The number of hydrogen-bond acceptors (Lipinski definition) is 14. The lowest BCUT2D eigenvalue weighted by Gasteiger charge is -2.59. The Bertz CT molecular complexity index is 3410. The molecule has 19 heteroatoms. The number of nitrogens with one attached hydrogen (secondary N) is 4. The minimum Gasteiger partial charge on any atom is -0.629 e. The smallest absolute Gasteiger partial charge is 0.268 e. The summed E-state index contributed by atoms with van der Waals surface area (Å²) in [6, 6.07) is 25.7. The van der Waals surface area contributed by atoms with E-state index < -0.39 is 27.4 Å². The molecule has 2 aromatic heterocycles. The van der Waals surface area contributed by atoms with Crippen LogP contribution >= 0.6 is 0 Å². The summed E-state index contributed by atoms with van der Waals surface area (Å²) < 4.78 is 64.4. The summed E-state index contributed by atoms with van der Waals surface area (Å²) in [6.45, 7) is 15.4. The molecule has 5 aliphatic rings. The van der Waals surface area contributed by atoms with Crippen LogP contribution in [0.3, 0.4) is 0 Å². The Kier molecular flexibility index (Phi) is 16.0. The molecule has 0 radical (unpaired) electrons. The Morgan fingerprint density at radius 3 is 2.46 bits per heavy atom. The van der Waals surface area contributed by atoms with Crippen LogP contribution in [0.15, 0.2) is 96.2 Å². The summed E-state index contributed by atoms with van der Waals surface area (Å²) in [5.41, 5.74) is 5.87. The molecule has 17 nitrogen and oxygen atoms in total. The predicted octanol–water partition coefficient (Wildman–Crippen LogP) is 9.22. The highest BCUT2D eigenvalue weighted by Crippen LogP contribution is 2.48. The Morgan fingerprint density at radius 2 is 1.74 bits per heavy atom. The van der Waals surface area contributed by atoms with Crippen LogP contribution in [-0.4, -0.2) is 122 Å². The number of nitrogens with zero attached hydrogens (tertiary/aromatic N) is 5. The first-order valence-corrected chi connectivity index (χ1v) is 30.2. The zero-order chi connectivity index (χ0) is 56.8. The lowest BCUT2D eigenvalue weighted by atomic mass is 9.69. The molecule has 11 rings (SSSR count). The SMILES string of the molecule is CCOc1nc2c(cc1Oc1cc(N3CCC4(CC3)CN(C3CCN(Cc5ccc(OC)cc5)CC3c3ccccc3C(C)C)C4)ccc1C(=O)NS(=O)(=O)c1cc([NH+](C)[O-])c(NCC3CCC(C)(O)CC3)c3[nH]cnc13)C(F)=CC2. The average molecular weight is 1130 g/mol. The monoisotopic (exact) mass is 1130 g/mol. The Labute approximate surface area is 474 Å². The maximum absolute atomic E-state index is 15.2. The number of halogens is 1. The van der Waals surface area contributed by atoms with Crippen molar-refractivity contribution >= 4 is 49.9 Å². The molecule has 4 fully saturated rings. The van der Waals surface area contributed by atoms with Crippen molar-refractivity contribution in [2.24, 2.45) is 11.3 Å². The Balaban J connectivity index is 0.831. The molecule has 5 heterocycles. The van der Waals surface area contributed by atoms with Crippen LogP contribution < -0.4 is 34.2 Å². The maximum atomic E-state index is 15.2. The van der Waals surface area contributed by atoms with Crippen LogP contribution in [-0.2, 0) is 23.0 Å². The van der Waals surface area contributed by atoms with Gasteiger partial charge in [0.05, 0.1) is 49.5 Å². The second kappa shape index (κ2) is 23.0. The highest BCUT2D eigenvalue weighted by molar-refractivity contribution is 7.90. The number of sulfonamides is 1. The number of fused-ring (bicyclic) bond motifs is 2. The zero-order valence-corrected chi connectivity index (χ0v) is 48.1. The largest absolute Gasteiger partial charge is 0.629 e. The molecule has 3 unspecified atom stereocenters. The minimum absolute atomic E-state index is 0.0181. The van der Waals surface area contributed by atoms with Gasteiger partial charge in [-0.15, -0.1) is 0 Å². The van der Waals surface area contributed by atoms with E-state index in [1.54, 1.807) is 32.2 Å². The fraction of sp³-hybridized carbons (Fsp3) is 0.468. The van der Waals surface area contributed by atoms with Crippen molar-refractivity contribution in [3.05, 3.63) is 130 Å². The number of imidazole rings is 1. The molecule has 430 valence electrons. The number of rotatable bonds is 18. The van der Waals surface area contributed by atoms with Gasteiger partial charge in [0, 0.05) is 94.1 Å². The number of hydrogen-bond donors (Lipinski definition) is 5. The molecular formula is C62H76FN9O8S. The van der Waals surface area contributed by atoms with Crippen LogP contribution in [0.4, 0.5) is 21.5 Å². The van der Waals surface area contributed by atoms with E-state index in [-0.39, 0.29) is 74.0 Å².